The molecule has 0 spiro atoms. The normalized spacial score (nSPS) is 10.1. The fourth-order valence-electron chi connectivity index (χ4n) is 2.17. The van der Waals surface area contributed by atoms with E-state index in [2.05, 4.69) is 0 Å². The van der Waals surface area contributed by atoms with Crippen LogP contribution >= 0.6 is 12.2 Å². The van der Waals surface area contributed by atoms with Gasteiger partial charge in [0.1, 0.15) is 4.99 Å². The molecule has 0 aliphatic rings. The van der Waals surface area contributed by atoms with E-state index in [1.165, 1.54) is 0 Å². The molecule has 0 aromatic heterocycles. The molecular weight excluding hydrogens is 280 g/mol. The molecule has 2 N–H and O–H groups in total. The zero-order valence-corrected chi connectivity index (χ0v) is 12.8. The number of aryl methyl sites for hydroxylation is 1. The summed E-state index contributed by atoms with van der Waals surface area (Å²) in [6.45, 7) is 0. The van der Waals surface area contributed by atoms with Crippen LogP contribution in [0.5, 0.6) is 0 Å². The molecule has 0 aliphatic carbocycles. The van der Waals surface area contributed by atoms with Gasteiger partial charge >= 0.3 is 0 Å². The minimum absolute atomic E-state index is 0.0440. The number of hydrogen-bond donors (Lipinski definition) is 1. The molecule has 0 saturated heterocycles. The molecule has 3 nitrogen and oxygen atoms in total. The maximum absolute atomic E-state index is 12.3. The molecule has 0 fully saturated rings. The Morgan fingerprint density at radius 3 is 2.38 bits per heavy atom. The van der Waals surface area contributed by atoms with Crippen molar-refractivity contribution in [1.29, 1.82) is 0 Å². The minimum atomic E-state index is 0.0440. The van der Waals surface area contributed by atoms with Crippen LogP contribution in [0.1, 0.15) is 17.5 Å². The standard InChI is InChI=1S/C17H18N2OS/c1-19(15-10-6-5-9-14(15)17(18)21)16(20)12-11-13-7-3-2-4-8-13/h2-10H,11-12H2,1H3,(H2,18,21). The van der Waals surface area contributed by atoms with Crippen molar-refractivity contribution in [1.82, 2.24) is 0 Å². The van der Waals surface area contributed by atoms with Crippen molar-refractivity contribution in [3.8, 4) is 0 Å². The van der Waals surface area contributed by atoms with Gasteiger partial charge in [-0.1, -0.05) is 54.7 Å². The summed E-state index contributed by atoms with van der Waals surface area (Å²) in [5.74, 6) is 0.0440. The highest BCUT2D eigenvalue weighted by Crippen LogP contribution is 2.20. The van der Waals surface area contributed by atoms with Gasteiger partial charge in [0.2, 0.25) is 5.91 Å². The third kappa shape index (κ3) is 3.89. The number of thiocarbonyl (C=S) groups is 1. The monoisotopic (exact) mass is 298 g/mol. The average Bonchev–Trinajstić information content (AvgIpc) is 2.52. The van der Waals surface area contributed by atoms with E-state index in [0.717, 1.165) is 23.2 Å². The molecule has 0 heterocycles. The van der Waals surface area contributed by atoms with Crippen LogP contribution in [0.3, 0.4) is 0 Å². The van der Waals surface area contributed by atoms with Crippen molar-refractivity contribution < 1.29 is 4.79 Å². The molecule has 108 valence electrons. The second-order valence-electron chi connectivity index (χ2n) is 4.82. The summed E-state index contributed by atoms with van der Waals surface area (Å²) in [6, 6.07) is 17.4. The summed E-state index contributed by atoms with van der Waals surface area (Å²) in [6.07, 6.45) is 1.17. The molecule has 1 amide bonds. The third-order valence-corrected chi connectivity index (χ3v) is 3.60. The molecule has 0 bridgehead atoms. The van der Waals surface area contributed by atoms with Gasteiger partial charge in [-0.2, -0.15) is 0 Å². The SMILES string of the molecule is CN(C(=O)CCc1ccccc1)c1ccccc1C(N)=S. The Labute approximate surface area is 130 Å². The number of hydrogen-bond acceptors (Lipinski definition) is 2. The van der Waals surface area contributed by atoms with E-state index in [0.29, 0.717) is 11.4 Å². The first-order valence-corrected chi connectivity index (χ1v) is 7.19. The van der Waals surface area contributed by atoms with E-state index in [4.69, 9.17) is 18.0 Å². The van der Waals surface area contributed by atoms with E-state index < -0.39 is 0 Å². The first-order chi connectivity index (χ1) is 10.1. The van der Waals surface area contributed by atoms with Crippen LogP contribution in [0, 0.1) is 0 Å². The molecule has 0 atom stereocenters. The van der Waals surface area contributed by atoms with Crippen molar-refractivity contribution in [2.24, 2.45) is 5.73 Å². The summed E-state index contributed by atoms with van der Waals surface area (Å²) >= 11 is 5.04. The second kappa shape index (κ2) is 6.99. The lowest BCUT2D eigenvalue weighted by Crippen LogP contribution is -2.28. The molecule has 2 aromatic carbocycles. The van der Waals surface area contributed by atoms with Crippen molar-refractivity contribution >= 4 is 28.8 Å². The van der Waals surface area contributed by atoms with E-state index >= 15 is 0 Å². The fourth-order valence-corrected chi connectivity index (χ4v) is 2.35. The molecule has 0 aliphatic heterocycles. The lowest BCUT2D eigenvalue weighted by Gasteiger charge is -2.20. The maximum Gasteiger partial charge on any atom is 0.227 e. The summed E-state index contributed by atoms with van der Waals surface area (Å²) in [7, 11) is 1.75. The van der Waals surface area contributed by atoms with Crippen LogP contribution in [0.25, 0.3) is 0 Å². The van der Waals surface area contributed by atoms with Crippen LogP contribution < -0.4 is 10.6 Å². The lowest BCUT2D eigenvalue weighted by atomic mass is 10.1. The van der Waals surface area contributed by atoms with Crippen molar-refractivity contribution in [2.75, 3.05) is 11.9 Å². The zero-order chi connectivity index (χ0) is 15.2. The molecule has 0 radical (unpaired) electrons. The summed E-state index contributed by atoms with van der Waals surface area (Å²) < 4.78 is 0. The second-order valence-corrected chi connectivity index (χ2v) is 5.26. The third-order valence-electron chi connectivity index (χ3n) is 3.38. The largest absolute Gasteiger partial charge is 0.389 e. The zero-order valence-electron chi connectivity index (χ0n) is 12.0. The molecule has 4 heteroatoms. The van der Waals surface area contributed by atoms with Crippen molar-refractivity contribution in [2.45, 2.75) is 12.8 Å². The molecule has 0 unspecified atom stereocenters. The number of nitrogens with zero attached hydrogens (tertiary/aromatic N) is 1. The molecule has 2 rings (SSSR count). The number of amides is 1. The van der Waals surface area contributed by atoms with E-state index in [1.807, 2.05) is 54.6 Å². The summed E-state index contributed by atoms with van der Waals surface area (Å²) in [4.78, 5) is 14.3. The molecule has 2 aromatic rings. The van der Waals surface area contributed by atoms with Crippen LogP contribution in [-0.2, 0) is 11.2 Å². The highest BCUT2D eigenvalue weighted by Gasteiger charge is 2.15. The predicted molar refractivity (Wildman–Crippen MR) is 90.5 cm³/mol. The number of carbonyl (C=O) groups is 1. The Hall–Kier alpha value is -2.20. The highest BCUT2D eigenvalue weighted by molar-refractivity contribution is 7.80. The van der Waals surface area contributed by atoms with Crippen LogP contribution in [0.15, 0.2) is 54.6 Å². The Balaban J connectivity index is 2.08. The van der Waals surface area contributed by atoms with Crippen molar-refractivity contribution in [3.63, 3.8) is 0 Å². The average molecular weight is 298 g/mol. The van der Waals surface area contributed by atoms with Gasteiger partial charge in [0.05, 0.1) is 5.69 Å². The van der Waals surface area contributed by atoms with Crippen LogP contribution in [0.2, 0.25) is 0 Å². The van der Waals surface area contributed by atoms with Gasteiger partial charge in [-0.15, -0.1) is 0 Å². The first-order valence-electron chi connectivity index (χ1n) is 6.79. The van der Waals surface area contributed by atoms with Gasteiger partial charge in [0.15, 0.2) is 0 Å². The topological polar surface area (TPSA) is 46.3 Å². The molecular formula is C17H18N2OS. The predicted octanol–water partition coefficient (Wildman–Crippen LogP) is 2.92. The van der Waals surface area contributed by atoms with Crippen LogP contribution in [-0.4, -0.2) is 17.9 Å². The number of rotatable bonds is 5. The smallest absolute Gasteiger partial charge is 0.227 e. The lowest BCUT2D eigenvalue weighted by molar-refractivity contribution is -0.118. The quantitative estimate of drug-likeness (QED) is 0.863. The van der Waals surface area contributed by atoms with Crippen LogP contribution in [0.4, 0.5) is 5.69 Å². The van der Waals surface area contributed by atoms with Crippen molar-refractivity contribution in [3.05, 3.63) is 65.7 Å². The number of para-hydroxylation sites is 1. The highest BCUT2D eigenvalue weighted by atomic mass is 32.1. The summed E-state index contributed by atoms with van der Waals surface area (Å²) in [5.41, 5.74) is 8.34. The number of benzene rings is 2. The van der Waals surface area contributed by atoms with Gasteiger partial charge < -0.3 is 10.6 Å². The van der Waals surface area contributed by atoms with E-state index in [-0.39, 0.29) is 5.91 Å². The number of carbonyl (C=O) groups excluding carboxylic acids is 1. The van der Waals surface area contributed by atoms with Gasteiger partial charge in [0.25, 0.3) is 0 Å². The Morgan fingerprint density at radius 2 is 1.71 bits per heavy atom. The molecule has 21 heavy (non-hydrogen) atoms. The summed E-state index contributed by atoms with van der Waals surface area (Å²) in [5, 5.41) is 0. The minimum Gasteiger partial charge on any atom is -0.389 e. The maximum atomic E-state index is 12.3. The Kier molecular flexibility index (Phi) is 5.06. The first kappa shape index (κ1) is 15.2. The molecule has 0 saturated carbocycles. The van der Waals surface area contributed by atoms with E-state index in [1.54, 1.807) is 11.9 Å². The van der Waals surface area contributed by atoms with Gasteiger partial charge in [-0.25, -0.2) is 0 Å². The number of nitrogens with two attached hydrogens (primary N) is 1. The van der Waals surface area contributed by atoms with Gasteiger partial charge in [-0.05, 0) is 24.1 Å². The van der Waals surface area contributed by atoms with Gasteiger partial charge in [0, 0.05) is 19.0 Å². The Bertz CT molecular complexity index is 640. The number of anilines is 1. The fraction of sp³-hybridized carbons (Fsp3) is 0.176. The van der Waals surface area contributed by atoms with E-state index in [9.17, 15) is 4.79 Å². The van der Waals surface area contributed by atoms with Gasteiger partial charge in [-0.3, -0.25) is 4.79 Å². The Morgan fingerprint density at radius 1 is 1.10 bits per heavy atom.